The Morgan fingerprint density at radius 1 is 1.24 bits per heavy atom. The van der Waals surface area contributed by atoms with Gasteiger partial charge in [0.1, 0.15) is 0 Å². The molecule has 1 aromatic carbocycles. The lowest BCUT2D eigenvalue weighted by atomic mass is 10.1. The summed E-state index contributed by atoms with van der Waals surface area (Å²) in [5.41, 5.74) is 0.995. The highest BCUT2D eigenvalue weighted by atomic mass is 32.2. The molecule has 0 aromatic heterocycles. The normalized spacial score (nSPS) is 13.9. The molecule has 4 nitrogen and oxygen atoms in total. The first-order chi connectivity index (χ1) is 9.80. The van der Waals surface area contributed by atoms with Crippen molar-refractivity contribution >= 4 is 10.0 Å². The molecule has 0 spiro atoms. The first kappa shape index (κ1) is 18.1. The number of sulfonamides is 1. The maximum atomic E-state index is 12.7. The molecule has 0 saturated heterocycles. The van der Waals surface area contributed by atoms with Gasteiger partial charge in [0.05, 0.1) is 4.90 Å². The maximum Gasteiger partial charge on any atom is 0.243 e. The van der Waals surface area contributed by atoms with Crippen molar-refractivity contribution in [3.63, 3.8) is 0 Å². The van der Waals surface area contributed by atoms with Crippen LogP contribution in [-0.2, 0) is 16.6 Å². The van der Waals surface area contributed by atoms with Crippen LogP contribution < -0.4 is 5.32 Å². The van der Waals surface area contributed by atoms with Gasteiger partial charge in [-0.1, -0.05) is 32.9 Å². The van der Waals surface area contributed by atoms with E-state index in [0.29, 0.717) is 11.4 Å². The van der Waals surface area contributed by atoms with E-state index in [1.165, 1.54) is 4.31 Å². The highest BCUT2D eigenvalue weighted by molar-refractivity contribution is 7.89. The molecular weight excluding hydrogens is 284 g/mol. The van der Waals surface area contributed by atoms with Gasteiger partial charge in [-0.3, -0.25) is 0 Å². The quantitative estimate of drug-likeness (QED) is 0.751. The summed E-state index contributed by atoms with van der Waals surface area (Å²) in [5, 5.41) is 3.29. The van der Waals surface area contributed by atoms with Gasteiger partial charge in [0, 0.05) is 19.6 Å². The van der Waals surface area contributed by atoms with Gasteiger partial charge in [0.2, 0.25) is 10.0 Å². The van der Waals surface area contributed by atoms with Crippen molar-refractivity contribution in [2.75, 3.05) is 13.6 Å². The molecular formula is C16H28N2O2S. The van der Waals surface area contributed by atoms with Gasteiger partial charge >= 0.3 is 0 Å². The van der Waals surface area contributed by atoms with Crippen molar-refractivity contribution in [3.05, 3.63) is 29.8 Å². The second-order valence-electron chi connectivity index (χ2n) is 5.83. The fraction of sp³-hybridized carbons (Fsp3) is 0.625. The molecule has 1 aromatic rings. The van der Waals surface area contributed by atoms with Crippen molar-refractivity contribution < 1.29 is 8.42 Å². The second-order valence-corrected chi connectivity index (χ2v) is 7.83. The minimum Gasteiger partial charge on any atom is -0.313 e. The Morgan fingerprint density at radius 2 is 1.90 bits per heavy atom. The summed E-state index contributed by atoms with van der Waals surface area (Å²) in [6.45, 7) is 9.73. The molecule has 1 unspecified atom stereocenters. The maximum absolute atomic E-state index is 12.7. The summed E-state index contributed by atoms with van der Waals surface area (Å²) < 4.78 is 26.8. The number of hydrogen-bond acceptors (Lipinski definition) is 3. The molecule has 0 aliphatic carbocycles. The largest absolute Gasteiger partial charge is 0.313 e. The molecule has 0 heterocycles. The summed E-state index contributed by atoms with van der Waals surface area (Å²) >= 11 is 0. The molecule has 0 aliphatic rings. The fourth-order valence-corrected chi connectivity index (χ4v) is 3.60. The van der Waals surface area contributed by atoms with Gasteiger partial charge in [-0.2, -0.15) is 4.31 Å². The lowest BCUT2D eigenvalue weighted by Gasteiger charge is -2.27. The Bertz CT molecular complexity index is 541. The minimum atomic E-state index is -3.43. The molecule has 21 heavy (non-hydrogen) atoms. The van der Waals surface area contributed by atoms with E-state index in [1.807, 2.05) is 32.9 Å². The minimum absolute atomic E-state index is 0.0307. The van der Waals surface area contributed by atoms with E-state index in [2.05, 4.69) is 12.2 Å². The van der Waals surface area contributed by atoms with Crippen molar-refractivity contribution in [2.45, 2.75) is 51.6 Å². The van der Waals surface area contributed by atoms with Gasteiger partial charge in [0.25, 0.3) is 0 Å². The average molecular weight is 312 g/mol. The smallest absolute Gasteiger partial charge is 0.243 e. The SMILES string of the molecule is CCCNCc1cccc(S(=O)(=O)N(C)C(C)C(C)C)c1. The van der Waals surface area contributed by atoms with Crippen LogP contribution in [0.1, 0.15) is 39.7 Å². The summed E-state index contributed by atoms with van der Waals surface area (Å²) in [6.07, 6.45) is 1.06. The third-order valence-electron chi connectivity index (χ3n) is 3.87. The lowest BCUT2D eigenvalue weighted by molar-refractivity contribution is 0.316. The molecule has 0 bridgehead atoms. The molecule has 0 amide bonds. The van der Waals surface area contributed by atoms with Gasteiger partial charge < -0.3 is 5.32 Å². The molecule has 5 heteroatoms. The molecule has 1 rings (SSSR count). The van der Waals surface area contributed by atoms with Gasteiger partial charge in [0.15, 0.2) is 0 Å². The van der Waals surface area contributed by atoms with Gasteiger partial charge in [-0.05, 0) is 43.5 Å². The van der Waals surface area contributed by atoms with Crippen LogP contribution >= 0.6 is 0 Å². The first-order valence-corrected chi connectivity index (χ1v) is 9.02. The lowest BCUT2D eigenvalue weighted by Crippen LogP contribution is -2.38. The van der Waals surface area contributed by atoms with Crippen LogP contribution in [0.25, 0.3) is 0 Å². The zero-order valence-electron chi connectivity index (χ0n) is 13.8. The summed E-state index contributed by atoms with van der Waals surface area (Å²) in [7, 11) is -1.78. The van der Waals surface area contributed by atoms with E-state index >= 15 is 0 Å². The summed E-state index contributed by atoms with van der Waals surface area (Å²) in [4.78, 5) is 0.369. The second kappa shape index (κ2) is 7.92. The average Bonchev–Trinajstić information content (AvgIpc) is 2.46. The van der Waals surface area contributed by atoms with Crippen LogP contribution in [0.15, 0.2) is 29.2 Å². The standard InChI is InChI=1S/C16H28N2O2S/c1-6-10-17-12-15-8-7-9-16(11-15)21(19,20)18(5)14(4)13(2)3/h7-9,11,13-14,17H,6,10,12H2,1-5H3. The van der Waals surface area contributed by atoms with E-state index in [-0.39, 0.29) is 12.0 Å². The van der Waals surface area contributed by atoms with Gasteiger partial charge in [-0.25, -0.2) is 8.42 Å². The Labute approximate surface area is 129 Å². The first-order valence-electron chi connectivity index (χ1n) is 7.58. The highest BCUT2D eigenvalue weighted by Gasteiger charge is 2.27. The molecule has 120 valence electrons. The van der Waals surface area contributed by atoms with E-state index < -0.39 is 10.0 Å². The summed E-state index contributed by atoms with van der Waals surface area (Å²) in [5.74, 6) is 0.277. The van der Waals surface area contributed by atoms with E-state index in [0.717, 1.165) is 18.5 Å². The number of rotatable bonds is 8. The van der Waals surface area contributed by atoms with Crippen LogP contribution in [0.4, 0.5) is 0 Å². The predicted octanol–water partition coefficient (Wildman–Crippen LogP) is 2.85. The zero-order valence-corrected chi connectivity index (χ0v) is 14.6. The molecule has 0 radical (unpaired) electrons. The molecule has 0 aliphatic heterocycles. The van der Waals surface area contributed by atoms with E-state index in [9.17, 15) is 8.42 Å². The Morgan fingerprint density at radius 3 is 2.48 bits per heavy atom. The summed E-state index contributed by atoms with van der Waals surface area (Å²) in [6, 6.07) is 7.16. The molecule has 0 fully saturated rings. The van der Waals surface area contributed by atoms with Crippen LogP contribution in [0.3, 0.4) is 0 Å². The van der Waals surface area contributed by atoms with Gasteiger partial charge in [-0.15, -0.1) is 0 Å². The van der Waals surface area contributed by atoms with E-state index in [4.69, 9.17) is 0 Å². The predicted molar refractivity (Wildman–Crippen MR) is 87.7 cm³/mol. The third kappa shape index (κ3) is 4.80. The van der Waals surface area contributed by atoms with Crippen molar-refractivity contribution in [2.24, 2.45) is 5.92 Å². The monoisotopic (exact) mass is 312 g/mol. The zero-order chi connectivity index (χ0) is 16.0. The molecule has 0 saturated carbocycles. The molecule has 1 N–H and O–H groups in total. The van der Waals surface area contributed by atoms with Crippen molar-refractivity contribution in [3.8, 4) is 0 Å². The fourth-order valence-electron chi connectivity index (χ4n) is 2.03. The Balaban J connectivity index is 2.95. The molecule has 1 atom stereocenters. The third-order valence-corrected chi connectivity index (χ3v) is 5.81. The number of nitrogens with zero attached hydrogens (tertiary/aromatic N) is 1. The number of hydrogen-bond donors (Lipinski definition) is 1. The van der Waals surface area contributed by atoms with Crippen LogP contribution in [-0.4, -0.2) is 32.4 Å². The number of nitrogens with one attached hydrogen (secondary N) is 1. The number of benzene rings is 1. The Kier molecular flexibility index (Phi) is 6.84. The van der Waals surface area contributed by atoms with E-state index in [1.54, 1.807) is 19.2 Å². The highest BCUT2D eigenvalue weighted by Crippen LogP contribution is 2.20. The van der Waals surface area contributed by atoms with Crippen molar-refractivity contribution in [1.29, 1.82) is 0 Å². The Hall–Kier alpha value is -0.910. The van der Waals surface area contributed by atoms with Crippen molar-refractivity contribution in [1.82, 2.24) is 9.62 Å². The topological polar surface area (TPSA) is 49.4 Å². The van der Waals surface area contributed by atoms with Crippen LogP contribution in [0.5, 0.6) is 0 Å². The van der Waals surface area contributed by atoms with Crippen LogP contribution in [0.2, 0.25) is 0 Å². The van der Waals surface area contributed by atoms with Crippen LogP contribution in [0, 0.1) is 5.92 Å².